The summed E-state index contributed by atoms with van der Waals surface area (Å²) >= 11 is 1.47. The van der Waals surface area contributed by atoms with Crippen LogP contribution < -0.4 is 10.1 Å². The fourth-order valence-corrected chi connectivity index (χ4v) is 2.53. The lowest BCUT2D eigenvalue weighted by atomic mass is 10.1. The Bertz CT molecular complexity index is 580. The summed E-state index contributed by atoms with van der Waals surface area (Å²) in [5.74, 6) is 0.857. The maximum absolute atomic E-state index is 11.8. The molecule has 0 bridgehead atoms. The van der Waals surface area contributed by atoms with Gasteiger partial charge in [-0.25, -0.2) is 4.98 Å². The second-order valence-corrected chi connectivity index (χ2v) is 5.41. The van der Waals surface area contributed by atoms with Gasteiger partial charge in [0, 0.05) is 5.92 Å². The molecular weight excluding hydrogens is 260 g/mol. The number of fused-ring (bicyclic) bond motifs is 1. The fourth-order valence-electron chi connectivity index (χ4n) is 1.63. The van der Waals surface area contributed by atoms with Gasteiger partial charge in [-0.3, -0.25) is 4.79 Å². The Morgan fingerprint density at radius 2 is 2.26 bits per heavy atom. The van der Waals surface area contributed by atoms with Gasteiger partial charge in [0.15, 0.2) is 5.13 Å². The molecule has 1 N–H and O–H groups in total. The number of benzene rings is 1. The number of ether oxygens (including phenoxy) is 1. The van der Waals surface area contributed by atoms with Crippen molar-refractivity contribution in [2.24, 2.45) is 5.92 Å². The minimum absolute atomic E-state index is 0.00555. The predicted octanol–water partition coefficient (Wildman–Crippen LogP) is 3.68. The molecular formula is C14H18N2O2S. The number of nitrogens with zero attached hydrogens (tertiary/aromatic N) is 1. The molecule has 2 rings (SSSR count). The van der Waals surface area contributed by atoms with E-state index in [2.05, 4.69) is 10.3 Å². The highest BCUT2D eigenvalue weighted by molar-refractivity contribution is 7.22. The smallest absolute Gasteiger partial charge is 0.228 e. The summed E-state index contributed by atoms with van der Waals surface area (Å²) in [6, 6.07) is 5.76. The first-order valence-electron chi connectivity index (χ1n) is 6.48. The lowest BCUT2D eigenvalue weighted by Gasteiger charge is -2.06. The molecule has 0 aliphatic heterocycles. The maximum atomic E-state index is 11.8. The molecule has 4 nitrogen and oxygen atoms in total. The second-order valence-electron chi connectivity index (χ2n) is 4.38. The summed E-state index contributed by atoms with van der Waals surface area (Å²) in [6.07, 6.45) is 0.825. The maximum Gasteiger partial charge on any atom is 0.228 e. The van der Waals surface area contributed by atoms with E-state index in [1.807, 2.05) is 39.0 Å². The van der Waals surface area contributed by atoms with Gasteiger partial charge in [0.25, 0.3) is 0 Å². The van der Waals surface area contributed by atoms with Crippen molar-refractivity contribution in [2.75, 3.05) is 11.9 Å². The number of nitrogens with one attached hydrogen (secondary N) is 1. The molecule has 0 fully saturated rings. The van der Waals surface area contributed by atoms with Gasteiger partial charge in [-0.15, -0.1) is 0 Å². The number of rotatable bonds is 5. The highest BCUT2D eigenvalue weighted by Gasteiger charge is 2.13. The number of hydrogen-bond acceptors (Lipinski definition) is 4. The largest absolute Gasteiger partial charge is 0.494 e. The Kier molecular flexibility index (Phi) is 4.37. The van der Waals surface area contributed by atoms with Crippen LogP contribution in [0.4, 0.5) is 5.13 Å². The number of thiazole rings is 1. The summed E-state index contributed by atoms with van der Waals surface area (Å²) in [5, 5.41) is 3.51. The summed E-state index contributed by atoms with van der Waals surface area (Å²) in [4.78, 5) is 16.2. The predicted molar refractivity (Wildman–Crippen MR) is 78.9 cm³/mol. The number of carbonyl (C=O) groups is 1. The van der Waals surface area contributed by atoms with Crippen molar-refractivity contribution in [3.63, 3.8) is 0 Å². The van der Waals surface area contributed by atoms with Gasteiger partial charge < -0.3 is 10.1 Å². The average molecular weight is 278 g/mol. The van der Waals surface area contributed by atoms with Crippen LogP contribution in [0.5, 0.6) is 5.75 Å². The van der Waals surface area contributed by atoms with Crippen molar-refractivity contribution in [1.82, 2.24) is 4.98 Å². The number of carbonyl (C=O) groups excluding carboxylic acids is 1. The number of hydrogen-bond donors (Lipinski definition) is 1. The molecule has 0 aliphatic carbocycles. The molecule has 1 aromatic heterocycles. The minimum atomic E-state index is 0.00555. The van der Waals surface area contributed by atoms with Crippen LogP contribution in [0, 0.1) is 5.92 Å². The quantitative estimate of drug-likeness (QED) is 0.907. The summed E-state index contributed by atoms with van der Waals surface area (Å²) in [6.45, 7) is 6.50. The first-order chi connectivity index (χ1) is 9.13. The highest BCUT2D eigenvalue weighted by Crippen LogP contribution is 2.29. The first kappa shape index (κ1) is 13.8. The topological polar surface area (TPSA) is 51.2 Å². The molecule has 0 aliphatic rings. The zero-order chi connectivity index (χ0) is 13.8. The van der Waals surface area contributed by atoms with E-state index in [1.54, 1.807) is 0 Å². The Hall–Kier alpha value is -1.62. The molecule has 5 heteroatoms. The molecule has 1 heterocycles. The molecule has 102 valence electrons. The normalized spacial score (nSPS) is 12.4. The zero-order valence-corrected chi connectivity index (χ0v) is 12.2. The van der Waals surface area contributed by atoms with Gasteiger partial charge in [0.05, 0.1) is 16.8 Å². The van der Waals surface area contributed by atoms with Crippen molar-refractivity contribution in [3.8, 4) is 5.75 Å². The molecule has 1 amide bonds. The van der Waals surface area contributed by atoms with Crippen LogP contribution in [0.25, 0.3) is 10.2 Å². The standard InChI is InChI=1S/C14H18N2O2S/c1-4-9(3)13(17)16-14-15-11-7-6-10(18-5-2)8-12(11)19-14/h6-9H,4-5H2,1-3H3,(H,15,16,17)/t9-/m0/s1. The van der Waals surface area contributed by atoms with Gasteiger partial charge in [-0.05, 0) is 31.5 Å². The third-order valence-corrected chi connectivity index (χ3v) is 3.89. The zero-order valence-electron chi connectivity index (χ0n) is 11.4. The van der Waals surface area contributed by atoms with E-state index in [0.29, 0.717) is 11.7 Å². The van der Waals surface area contributed by atoms with Crippen LogP contribution in [-0.2, 0) is 4.79 Å². The van der Waals surface area contributed by atoms with Crippen LogP contribution >= 0.6 is 11.3 Å². The van der Waals surface area contributed by atoms with E-state index < -0.39 is 0 Å². The number of anilines is 1. The summed E-state index contributed by atoms with van der Waals surface area (Å²) < 4.78 is 6.47. The van der Waals surface area contributed by atoms with Crippen LogP contribution in [0.2, 0.25) is 0 Å². The Morgan fingerprint density at radius 1 is 1.47 bits per heavy atom. The molecule has 19 heavy (non-hydrogen) atoms. The van der Waals surface area contributed by atoms with Crippen LogP contribution in [0.1, 0.15) is 27.2 Å². The number of amides is 1. The molecule has 0 unspecified atom stereocenters. The van der Waals surface area contributed by atoms with E-state index in [4.69, 9.17) is 4.74 Å². The van der Waals surface area contributed by atoms with Crippen LogP contribution in [0.15, 0.2) is 18.2 Å². The van der Waals surface area contributed by atoms with Gasteiger partial charge in [0.1, 0.15) is 5.75 Å². The Balaban J connectivity index is 2.19. The molecule has 2 aromatic rings. The van der Waals surface area contributed by atoms with Gasteiger partial charge in [-0.1, -0.05) is 25.2 Å². The average Bonchev–Trinajstić information content (AvgIpc) is 2.79. The van der Waals surface area contributed by atoms with E-state index in [0.717, 1.165) is 22.4 Å². The number of aromatic nitrogens is 1. The fraction of sp³-hybridized carbons (Fsp3) is 0.429. The summed E-state index contributed by atoms with van der Waals surface area (Å²) in [5.41, 5.74) is 0.882. The van der Waals surface area contributed by atoms with Crippen LogP contribution in [-0.4, -0.2) is 17.5 Å². The Morgan fingerprint density at radius 3 is 2.95 bits per heavy atom. The molecule has 0 saturated carbocycles. The van der Waals surface area contributed by atoms with E-state index in [1.165, 1.54) is 11.3 Å². The SMILES string of the molecule is CCOc1ccc2nc(NC(=O)[C@@H](C)CC)sc2c1. The van der Waals surface area contributed by atoms with Crippen molar-refractivity contribution in [3.05, 3.63) is 18.2 Å². The van der Waals surface area contributed by atoms with E-state index in [9.17, 15) is 4.79 Å². The van der Waals surface area contributed by atoms with Crippen LogP contribution in [0.3, 0.4) is 0 Å². The van der Waals surface area contributed by atoms with E-state index >= 15 is 0 Å². The van der Waals surface area contributed by atoms with Crippen molar-refractivity contribution >= 4 is 32.6 Å². The molecule has 0 spiro atoms. The minimum Gasteiger partial charge on any atom is -0.494 e. The van der Waals surface area contributed by atoms with Gasteiger partial charge in [0.2, 0.25) is 5.91 Å². The van der Waals surface area contributed by atoms with Crippen molar-refractivity contribution < 1.29 is 9.53 Å². The lowest BCUT2D eigenvalue weighted by molar-refractivity contribution is -0.119. The highest BCUT2D eigenvalue weighted by atomic mass is 32.1. The van der Waals surface area contributed by atoms with Gasteiger partial charge >= 0.3 is 0 Å². The van der Waals surface area contributed by atoms with Crippen molar-refractivity contribution in [2.45, 2.75) is 27.2 Å². The van der Waals surface area contributed by atoms with E-state index in [-0.39, 0.29) is 11.8 Å². The lowest BCUT2D eigenvalue weighted by Crippen LogP contribution is -2.19. The molecule has 0 saturated heterocycles. The first-order valence-corrected chi connectivity index (χ1v) is 7.30. The monoisotopic (exact) mass is 278 g/mol. The molecule has 0 radical (unpaired) electrons. The molecule has 1 atom stereocenters. The van der Waals surface area contributed by atoms with Crippen molar-refractivity contribution in [1.29, 1.82) is 0 Å². The summed E-state index contributed by atoms with van der Waals surface area (Å²) in [7, 11) is 0. The molecule has 1 aromatic carbocycles. The van der Waals surface area contributed by atoms with Gasteiger partial charge in [-0.2, -0.15) is 0 Å². The second kappa shape index (κ2) is 6.02. The third-order valence-electron chi connectivity index (χ3n) is 2.96. The third kappa shape index (κ3) is 3.23. The Labute approximate surface area is 116 Å².